The van der Waals surface area contributed by atoms with Crippen LogP contribution in [0.1, 0.15) is 54.3 Å². The molecule has 0 aliphatic heterocycles. The summed E-state index contributed by atoms with van der Waals surface area (Å²) in [5.74, 6) is -0.169. The number of nitrogens with zero attached hydrogens (tertiary/aromatic N) is 2. The highest BCUT2D eigenvalue weighted by Crippen LogP contribution is 2.49. The molecule has 0 spiro atoms. The molecule has 23 heavy (non-hydrogen) atoms. The van der Waals surface area contributed by atoms with Gasteiger partial charge in [-0.1, -0.05) is 0 Å². The molecule has 0 saturated heterocycles. The molecular formula is C17H14F4N2. The number of benzene rings is 1. The lowest BCUT2D eigenvalue weighted by molar-refractivity contribution is -0.137. The summed E-state index contributed by atoms with van der Waals surface area (Å²) in [5.41, 5.74) is 1.01. The molecule has 0 N–H and O–H groups in total. The van der Waals surface area contributed by atoms with Crippen LogP contribution < -0.4 is 0 Å². The van der Waals surface area contributed by atoms with E-state index in [2.05, 4.69) is 10.2 Å². The van der Waals surface area contributed by atoms with E-state index in [0.29, 0.717) is 17.9 Å². The second kappa shape index (κ2) is 5.01. The van der Waals surface area contributed by atoms with Crippen LogP contribution in [0.4, 0.5) is 17.6 Å². The fourth-order valence-electron chi connectivity index (χ4n) is 3.84. The van der Waals surface area contributed by atoms with Gasteiger partial charge in [0.25, 0.3) is 0 Å². The predicted octanol–water partition coefficient (Wildman–Crippen LogP) is 5.06. The van der Waals surface area contributed by atoms with Gasteiger partial charge < -0.3 is 0 Å². The SMILES string of the molecule is Fc1ccc(-c2cc3c(nn2)C2CCC3CC2)c(C(F)(F)F)c1. The Kier molecular flexibility index (Phi) is 3.18. The first-order valence-electron chi connectivity index (χ1n) is 7.68. The number of alkyl halides is 3. The highest BCUT2D eigenvalue weighted by molar-refractivity contribution is 5.65. The van der Waals surface area contributed by atoms with Crippen LogP contribution in [0.3, 0.4) is 0 Å². The average molecular weight is 322 g/mol. The zero-order valence-corrected chi connectivity index (χ0v) is 12.2. The third-order valence-corrected chi connectivity index (χ3v) is 4.97. The first-order valence-corrected chi connectivity index (χ1v) is 7.68. The fraction of sp³-hybridized carbons (Fsp3) is 0.412. The van der Waals surface area contributed by atoms with E-state index in [0.717, 1.165) is 49.1 Å². The van der Waals surface area contributed by atoms with E-state index < -0.39 is 17.6 Å². The van der Waals surface area contributed by atoms with Crippen molar-refractivity contribution in [2.75, 3.05) is 0 Å². The number of fused-ring (bicyclic) bond motifs is 2. The van der Waals surface area contributed by atoms with Gasteiger partial charge in [0.15, 0.2) is 0 Å². The second-order valence-electron chi connectivity index (χ2n) is 6.31. The highest BCUT2D eigenvalue weighted by atomic mass is 19.4. The van der Waals surface area contributed by atoms with Gasteiger partial charge in [-0.25, -0.2) is 4.39 Å². The van der Waals surface area contributed by atoms with Crippen LogP contribution in [-0.4, -0.2) is 10.2 Å². The molecule has 1 fully saturated rings. The first kappa shape index (κ1) is 14.6. The van der Waals surface area contributed by atoms with E-state index in [1.165, 1.54) is 0 Å². The largest absolute Gasteiger partial charge is 0.417 e. The Balaban J connectivity index is 1.85. The van der Waals surface area contributed by atoms with Crippen molar-refractivity contribution in [2.45, 2.75) is 43.7 Å². The summed E-state index contributed by atoms with van der Waals surface area (Å²) in [7, 11) is 0. The van der Waals surface area contributed by atoms with Gasteiger partial charge >= 0.3 is 6.18 Å². The number of rotatable bonds is 1. The molecule has 0 unspecified atom stereocenters. The number of halogens is 4. The van der Waals surface area contributed by atoms with Crippen LogP contribution >= 0.6 is 0 Å². The zero-order chi connectivity index (χ0) is 16.2. The summed E-state index contributed by atoms with van der Waals surface area (Å²) < 4.78 is 52.8. The smallest absolute Gasteiger partial charge is 0.207 e. The summed E-state index contributed by atoms with van der Waals surface area (Å²) in [5, 5.41) is 8.23. The van der Waals surface area contributed by atoms with Crippen LogP contribution in [0.2, 0.25) is 0 Å². The van der Waals surface area contributed by atoms with Gasteiger partial charge in [-0.2, -0.15) is 23.4 Å². The van der Waals surface area contributed by atoms with Crippen LogP contribution in [0.25, 0.3) is 11.3 Å². The Bertz CT molecular complexity index is 762. The maximum atomic E-state index is 13.3. The molecule has 120 valence electrons. The summed E-state index contributed by atoms with van der Waals surface area (Å²) in [6.45, 7) is 0. The van der Waals surface area contributed by atoms with Crippen LogP contribution in [-0.2, 0) is 6.18 Å². The van der Waals surface area contributed by atoms with Gasteiger partial charge in [-0.3, -0.25) is 0 Å². The quantitative estimate of drug-likeness (QED) is 0.686. The monoisotopic (exact) mass is 322 g/mol. The van der Waals surface area contributed by atoms with Crippen molar-refractivity contribution in [1.82, 2.24) is 10.2 Å². The molecule has 0 radical (unpaired) electrons. The molecule has 2 bridgehead atoms. The van der Waals surface area contributed by atoms with Gasteiger partial charge in [0, 0.05) is 11.5 Å². The van der Waals surface area contributed by atoms with Gasteiger partial charge in [-0.05, 0) is 61.4 Å². The molecule has 0 amide bonds. The van der Waals surface area contributed by atoms with E-state index in [1.54, 1.807) is 6.07 Å². The van der Waals surface area contributed by atoms with Crippen LogP contribution in [0, 0.1) is 5.82 Å². The number of hydrogen-bond donors (Lipinski definition) is 0. The predicted molar refractivity (Wildman–Crippen MR) is 76.4 cm³/mol. The third kappa shape index (κ3) is 2.40. The molecule has 1 aromatic carbocycles. The Hall–Kier alpha value is -1.98. The second-order valence-corrected chi connectivity index (χ2v) is 6.31. The fourth-order valence-corrected chi connectivity index (χ4v) is 3.84. The van der Waals surface area contributed by atoms with Crippen molar-refractivity contribution in [3.63, 3.8) is 0 Å². The molecule has 3 aliphatic carbocycles. The minimum Gasteiger partial charge on any atom is -0.207 e. The van der Waals surface area contributed by atoms with E-state index in [4.69, 9.17) is 0 Å². The highest BCUT2D eigenvalue weighted by Gasteiger charge is 2.37. The van der Waals surface area contributed by atoms with Crippen molar-refractivity contribution >= 4 is 0 Å². The van der Waals surface area contributed by atoms with Crippen molar-refractivity contribution in [2.24, 2.45) is 0 Å². The number of aromatic nitrogens is 2. The molecule has 3 aliphatic rings. The average Bonchev–Trinajstić information content (AvgIpc) is 2.55. The van der Waals surface area contributed by atoms with E-state index in [-0.39, 0.29) is 11.3 Å². The van der Waals surface area contributed by atoms with Gasteiger partial charge in [0.1, 0.15) is 5.82 Å². The Labute approximate surface area is 130 Å². The normalized spacial score (nSPS) is 23.0. The maximum Gasteiger partial charge on any atom is 0.417 e. The molecule has 1 saturated carbocycles. The van der Waals surface area contributed by atoms with E-state index in [9.17, 15) is 17.6 Å². The molecule has 5 rings (SSSR count). The van der Waals surface area contributed by atoms with Crippen molar-refractivity contribution < 1.29 is 17.6 Å². The molecule has 6 heteroatoms. The molecule has 1 heterocycles. The van der Waals surface area contributed by atoms with Gasteiger partial charge in [-0.15, -0.1) is 0 Å². The molecule has 1 aromatic heterocycles. The van der Waals surface area contributed by atoms with Crippen molar-refractivity contribution in [1.29, 1.82) is 0 Å². The minimum absolute atomic E-state index is 0.115. The van der Waals surface area contributed by atoms with Crippen LogP contribution in [0.15, 0.2) is 24.3 Å². The number of hydrogen-bond acceptors (Lipinski definition) is 2. The Morgan fingerprint density at radius 2 is 1.61 bits per heavy atom. The lowest BCUT2D eigenvalue weighted by Gasteiger charge is -2.36. The van der Waals surface area contributed by atoms with E-state index in [1.807, 2.05) is 0 Å². The van der Waals surface area contributed by atoms with Crippen LogP contribution in [0.5, 0.6) is 0 Å². The van der Waals surface area contributed by atoms with Gasteiger partial charge in [0.05, 0.1) is 17.0 Å². The first-order chi connectivity index (χ1) is 10.9. The molecule has 0 atom stereocenters. The lowest BCUT2D eigenvalue weighted by atomic mass is 9.69. The summed E-state index contributed by atoms with van der Waals surface area (Å²) in [6, 6.07) is 4.40. The topological polar surface area (TPSA) is 25.8 Å². The zero-order valence-electron chi connectivity index (χ0n) is 12.2. The van der Waals surface area contributed by atoms with E-state index >= 15 is 0 Å². The minimum atomic E-state index is -4.63. The third-order valence-electron chi connectivity index (χ3n) is 4.97. The Morgan fingerprint density at radius 3 is 2.30 bits per heavy atom. The summed E-state index contributed by atoms with van der Waals surface area (Å²) in [4.78, 5) is 0. The molecule has 2 aromatic rings. The Morgan fingerprint density at radius 1 is 0.913 bits per heavy atom. The molecule has 2 nitrogen and oxygen atoms in total. The summed E-state index contributed by atoms with van der Waals surface area (Å²) in [6.07, 6.45) is -0.364. The lowest BCUT2D eigenvalue weighted by Crippen LogP contribution is -2.23. The molecular weight excluding hydrogens is 308 g/mol. The van der Waals surface area contributed by atoms with Gasteiger partial charge in [0.2, 0.25) is 0 Å². The summed E-state index contributed by atoms with van der Waals surface area (Å²) >= 11 is 0. The maximum absolute atomic E-state index is 13.3. The van der Waals surface area contributed by atoms with Crippen molar-refractivity contribution in [3.8, 4) is 11.3 Å². The van der Waals surface area contributed by atoms with Crippen molar-refractivity contribution in [3.05, 3.63) is 46.9 Å². The standard InChI is InChI=1S/C17H14F4N2/c18-11-5-6-12(14(7-11)17(19,20)21)15-8-13-9-1-3-10(4-2-9)16(13)23-22-15/h5-10H,1-4H2.